The second kappa shape index (κ2) is 6.29. The monoisotopic (exact) mass is 282 g/mol. The third kappa shape index (κ3) is 3.14. The van der Waals surface area contributed by atoms with Crippen LogP contribution < -0.4 is 0 Å². The molecule has 102 valence electrons. The van der Waals surface area contributed by atoms with Crippen LogP contribution in [0.15, 0.2) is 66.2 Å². The zero-order chi connectivity index (χ0) is 13.8. The first-order chi connectivity index (χ1) is 9.83. The van der Waals surface area contributed by atoms with E-state index in [0.717, 1.165) is 6.42 Å². The van der Waals surface area contributed by atoms with Crippen LogP contribution in [0, 0.1) is 0 Å². The largest absolute Gasteiger partial charge is 0.372 e. The third-order valence-corrected chi connectivity index (χ3v) is 4.01. The highest BCUT2D eigenvalue weighted by atomic mass is 32.1. The van der Waals surface area contributed by atoms with Gasteiger partial charge in [0.15, 0.2) is 0 Å². The van der Waals surface area contributed by atoms with Crippen LogP contribution in [0.4, 0.5) is 0 Å². The Kier molecular flexibility index (Phi) is 4.24. The predicted molar refractivity (Wildman–Crippen MR) is 86.1 cm³/mol. The molecule has 0 radical (unpaired) electrons. The molecule has 0 saturated heterocycles. The second-order valence-electron chi connectivity index (χ2n) is 5.12. The first kappa shape index (κ1) is 13.5. The quantitative estimate of drug-likeness (QED) is 0.647. The molecule has 1 aliphatic rings. The molecule has 0 N–H and O–H groups in total. The minimum atomic E-state index is 0.190. The van der Waals surface area contributed by atoms with Crippen molar-refractivity contribution >= 4 is 12.6 Å². The SMILES string of the molecule is S[C@@H]1C=C(COCc2ccccc2)Cc2ccccc21. The highest BCUT2D eigenvalue weighted by molar-refractivity contribution is 7.80. The van der Waals surface area contributed by atoms with Crippen LogP contribution in [0.5, 0.6) is 0 Å². The topological polar surface area (TPSA) is 9.23 Å². The second-order valence-corrected chi connectivity index (χ2v) is 5.68. The Morgan fingerprint density at radius 1 is 0.950 bits per heavy atom. The van der Waals surface area contributed by atoms with Crippen molar-refractivity contribution in [1.29, 1.82) is 0 Å². The molecule has 2 aromatic rings. The molecule has 0 heterocycles. The third-order valence-electron chi connectivity index (χ3n) is 3.58. The Bertz CT molecular complexity index is 604. The summed E-state index contributed by atoms with van der Waals surface area (Å²) in [5.41, 5.74) is 5.22. The van der Waals surface area contributed by atoms with Gasteiger partial charge in [0.25, 0.3) is 0 Å². The van der Waals surface area contributed by atoms with Crippen LogP contribution >= 0.6 is 12.6 Å². The molecule has 0 bridgehead atoms. The number of thiol groups is 1. The van der Waals surface area contributed by atoms with Gasteiger partial charge in [-0.2, -0.15) is 12.6 Å². The van der Waals surface area contributed by atoms with Crippen LogP contribution in [-0.2, 0) is 17.8 Å². The van der Waals surface area contributed by atoms with Crippen LogP contribution in [0.3, 0.4) is 0 Å². The number of hydrogen-bond donors (Lipinski definition) is 1. The molecule has 0 aliphatic heterocycles. The molecule has 0 saturated carbocycles. The molecular formula is C18H18OS. The fourth-order valence-electron chi connectivity index (χ4n) is 2.57. The van der Waals surface area contributed by atoms with Gasteiger partial charge in [-0.1, -0.05) is 60.7 Å². The molecule has 3 rings (SSSR count). The Labute approximate surface area is 125 Å². The average molecular weight is 282 g/mol. The molecule has 1 nitrogen and oxygen atoms in total. The van der Waals surface area contributed by atoms with Crippen molar-refractivity contribution in [2.24, 2.45) is 0 Å². The summed E-state index contributed by atoms with van der Waals surface area (Å²) in [5.74, 6) is 0. The molecule has 0 amide bonds. The van der Waals surface area contributed by atoms with Crippen LogP contribution in [0.25, 0.3) is 0 Å². The maximum absolute atomic E-state index is 5.82. The fraction of sp³-hybridized carbons (Fsp3) is 0.222. The Morgan fingerprint density at radius 3 is 2.55 bits per heavy atom. The Morgan fingerprint density at radius 2 is 1.70 bits per heavy atom. The van der Waals surface area contributed by atoms with Crippen molar-refractivity contribution in [3.05, 3.63) is 82.9 Å². The smallest absolute Gasteiger partial charge is 0.0721 e. The van der Waals surface area contributed by atoms with Gasteiger partial charge in [0.05, 0.1) is 13.2 Å². The number of rotatable bonds is 4. The Hall–Kier alpha value is -1.51. The summed E-state index contributed by atoms with van der Waals surface area (Å²) in [6.45, 7) is 1.34. The minimum Gasteiger partial charge on any atom is -0.372 e. The summed E-state index contributed by atoms with van der Waals surface area (Å²) in [6, 6.07) is 18.8. The zero-order valence-electron chi connectivity index (χ0n) is 11.3. The van der Waals surface area contributed by atoms with Crippen LogP contribution in [0.1, 0.15) is 21.9 Å². The number of fused-ring (bicyclic) bond motifs is 1. The van der Waals surface area contributed by atoms with Gasteiger partial charge in [0.2, 0.25) is 0 Å². The molecule has 1 aliphatic carbocycles. The van der Waals surface area contributed by atoms with Gasteiger partial charge < -0.3 is 4.74 Å². The van der Waals surface area contributed by atoms with E-state index in [-0.39, 0.29) is 5.25 Å². The molecule has 2 heteroatoms. The van der Waals surface area contributed by atoms with Crippen molar-refractivity contribution in [2.45, 2.75) is 18.3 Å². The first-order valence-corrected chi connectivity index (χ1v) is 7.41. The number of benzene rings is 2. The predicted octanol–water partition coefficient (Wildman–Crippen LogP) is 4.36. The van der Waals surface area contributed by atoms with Crippen molar-refractivity contribution < 1.29 is 4.74 Å². The number of hydrogen-bond acceptors (Lipinski definition) is 2. The number of ether oxygens (including phenoxy) is 1. The lowest BCUT2D eigenvalue weighted by Crippen LogP contribution is -2.09. The summed E-state index contributed by atoms with van der Waals surface area (Å²) in [4.78, 5) is 0. The van der Waals surface area contributed by atoms with Gasteiger partial charge in [0.1, 0.15) is 0 Å². The molecule has 0 fully saturated rings. The van der Waals surface area contributed by atoms with E-state index in [1.54, 1.807) is 0 Å². The first-order valence-electron chi connectivity index (χ1n) is 6.90. The van der Waals surface area contributed by atoms with E-state index in [2.05, 4.69) is 55.1 Å². The van der Waals surface area contributed by atoms with Gasteiger partial charge in [0, 0.05) is 5.25 Å². The zero-order valence-corrected chi connectivity index (χ0v) is 12.2. The summed E-state index contributed by atoms with van der Waals surface area (Å²) >= 11 is 4.66. The van der Waals surface area contributed by atoms with E-state index in [0.29, 0.717) is 13.2 Å². The summed E-state index contributed by atoms with van der Waals surface area (Å²) in [7, 11) is 0. The van der Waals surface area contributed by atoms with Gasteiger partial charge in [-0.05, 0) is 28.7 Å². The van der Waals surface area contributed by atoms with Gasteiger partial charge >= 0.3 is 0 Å². The molecule has 20 heavy (non-hydrogen) atoms. The molecule has 0 unspecified atom stereocenters. The highest BCUT2D eigenvalue weighted by Crippen LogP contribution is 2.32. The Balaban J connectivity index is 1.60. The summed E-state index contributed by atoms with van der Waals surface area (Å²) in [5, 5.41) is 0.190. The van der Waals surface area contributed by atoms with E-state index in [1.807, 2.05) is 18.2 Å². The molecular weight excluding hydrogens is 264 g/mol. The van der Waals surface area contributed by atoms with E-state index < -0.39 is 0 Å². The lowest BCUT2D eigenvalue weighted by molar-refractivity contribution is 0.141. The van der Waals surface area contributed by atoms with Crippen molar-refractivity contribution in [2.75, 3.05) is 6.61 Å². The van der Waals surface area contributed by atoms with Gasteiger partial charge in [-0.3, -0.25) is 0 Å². The molecule has 1 atom stereocenters. The average Bonchev–Trinajstić information content (AvgIpc) is 2.48. The van der Waals surface area contributed by atoms with Gasteiger partial charge in [-0.15, -0.1) is 0 Å². The lowest BCUT2D eigenvalue weighted by atomic mass is 9.91. The van der Waals surface area contributed by atoms with E-state index >= 15 is 0 Å². The molecule has 0 spiro atoms. The minimum absolute atomic E-state index is 0.190. The van der Waals surface area contributed by atoms with E-state index in [9.17, 15) is 0 Å². The van der Waals surface area contributed by atoms with Crippen molar-refractivity contribution in [1.82, 2.24) is 0 Å². The maximum atomic E-state index is 5.82. The molecule has 0 aromatic heterocycles. The van der Waals surface area contributed by atoms with E-state index in [1.165, 1.54) is 22.3 Å². The highest BCUT2D eigenvalue weighted by Gasteiger charge is 2.16. The van der Waals surface area contributed by atoms with Gasteiger partial charge in [-0.25, -0.2) is 0 Å². The summed E-state index contributed by atoms with van der Waals surface area (Å²) in [6.07, 6.45) is 3.19. The van der Waals surface area contributed by atoms with Crippen molar-refractivity contribution in [3.8, 4) is 0 Å². The fourth-order valence-corrected chi connectivity index (χ4v) is 3.04. The maximum Gasteiger partial charge on any atom is 0.0721 e. The normalized spacial score (nSPS) is 17.4. The molecule has 2 aromatic carbocycles. The lowest BCUT2D eigenvalue weighted by Gasteiger charge is -2.21. The van der Waals surface area contributed by atoms with Crippen molar-refractivity contribution in [3.63, 3.8) is 0 Å². The van der Waals surface area contributed by atoms with E-state index in [4.69, 9.17) is 4.74 Å². The summed E-state index contributed by atoms with van der Waals surface area (Å²) < 4.78 is 5.82. The van der Waals surface area contributed by atoms with Crippen LogP contribution in [-0.4, -0.2) is 6.61 Å². The van der Waals surface area contributed by atoms with Crippen LogP contribution in [0.2, 0.25) is 0 Å². The standard InChI is InChI=1S/C18H18OS/c20-18-11-15(10-16-8-4-5-9-17(16)18)13-19-12-14-6-2-1-3-7-14/h1-9,11,18,20H,10,12-13H2/t18-/m1/s1.